The molecule has 0 aliphatic carbocycles. The van der Waals surface area contributed by atoms with Crippen molar-refractivity contribution in [1.82, 2.24) is 15.4 Å². The minimum atomic E-state index is -0.230. The summed E-state index contributed by atoms with van der Waals surface area (Å²) in [6.45, 7) is 2.83. The van der Waals surface area contributed by atoms with E-state index in [1.807, 2.05) is 60.7 Å². The number of anilines is 1. The molecule has 2 aromatic carbocycles. The van der Waals surface area contributed by atoms with Gasteiger partial charge in [-0.25, -0.2) is 4.79 Å². The van der Waals surface area contributed by atoms with Gasteiger partial charge < -0.3 is 20.1 Å². The van der Waals surface area contributed by atoms with Gasteiger partial charge in [-0.15, -0.1) is 0 Å². The summed E-state index contributed by atoms with van der Waals surface area (Å²) in [5, 5.41) is 9.76. The molecule has 1 saturated heterocycles. The number of hydrogen-bond acceptors (Lipinski definition) is 4. The van der Waals surface area contributed by atoms with Gasteiger partial charge in [0.05, 0.1) is 6.04 Å². The molecule has 0 radical (unpaired) electrons. The molecule has 7 nitrogen and oxygen atoms in total. The standard InChI is InChI=1S/C24H26N4O3/c1-17-16-21(27-31-17)25-23(29)20-12-14-28(15-13-20)24(30)26-22(18-8-4-2-5-9-18)19-10-6-3-7-11-19/h2-11,16,20,22H,12-15H2,1H3,(H,26,30)(H,25,27,29). The highest BCUT2D eigenvalue weighted by molar-refractivity contribution is 5.91. The van der Waals surface area contributed by atoms with Gasteiger partial charge >= 0.3 is 6.03 Å². The number of piperidine rings is 1. The molecule has 3 aromatic rings. The second kappa shape index (κ2) is 9.47. The molecule has 2 heterocycles. The fraction of sp³-hybridized carbons (Fsp3) is 0.292. The van der Waals surface area contributed by atoms with Crippen molar-refractivity contribution < 1.29 is 14.1 Å². The number of benzene rings is 2. The zero-order valence-electron chi connectivity index (χ0n) is 17.5. The first-order valence-electron chi connectivity index (χ1n) is 10.5. The van der Waals surface area contributed by atoms with Gasteiger partial charge in [0.1, 0.15) is 5.76 Å². The van der Waals surface area contributed by atoms with Crippen molar-refractivity contribution in [3.63, 3.8) is 0 Å². The largest absolute Gasteiger partial charge is 0.360 e. The Hall–Kier alpha value is -3.61. The van der Waals surface area contributed by atoms with E-state index in [4.69, 9.17) is 4.52 Å². The molecule has 0 bridgehead atoms. The molecule has 2 N–H and O–H groups in total. The molecular formula is C24H26N4O3. The topological polar surface area (TPSA) is 87.5 Å². The number of urea groups is 1. The third-order valence-corrected chi connectivity index (χ3v) is 5.57. The minimum Gasteiger partial charge on any atom is -0.360 e. The van der Waals surface area contributed by atoms with E-state index in [-0.39, 0.29) is 23.9 Å². The van der Waals surface area contributed by atoms with Gasteiger partial charge in [0, 0.05) is 25.1 Å². The van der Waals surface area contributed by atoms with Crippen LogP contribution in [0.15, 0.2) is 71.3 Å². The van der Waals surface area contributed by atoms with Crippen LogP contribution < -0.4 is 10.6 Å². The number of rotatable bonds is 5. The Bertz CT molecular complexity index is 972. The van der Waals surface area contributed by atoms with Crippen LogP contribution in [0.25, 0.3) is 0 Å². The lowest BCUT2D eigenvalue weighted by atomic mass is 9.96. The summed E-state index contributed by atoms with van der Waals surface area (Å²) in [5.74, 6) is 0.837. The Labute approximate surface area is 181 Å². The van der Waals surface area contributed by atoms with Crippen molar-refractivity contribution in [3.05, 3.63) is 83.6 Å². The maximum atomic E-state index is 13.0. The van der Waals surface area contributed by atoms with Crippen molar-refractivity contribution in [1.29, 1.82) is 0 Å². The number of aromatic nitrogens is 1. The van der Waals surface area contributed by atoms with E-state index in [0.29, 0.717) is 37.5 Å². The SMILES string of the molecule is Cc1cc(NC(=O)C2CCN(C(=O)NC(c3ccccc3)c3ccccc3)CC2)no1. The fourth-order valence-corrected chi connectivity index (χ4v) is 3.86. The van der Waals surface area contributed by atoms with E-state index in [1.54, 1.807) is 17.9 Å². The monoisotopic (exact) mass is 418 g/mol. The molecular weight excluding hydrogens is 392 g/mol. The highest BCUT2D eigenvalue weighted by Gasteiger charge is 2.29. The van der Waals surface area contributed by atoms with Crippen LogP contribution in [-0.2, 0) is 4.79 Å². The molecule has 0 saturated carbocycles. The van der Waals surface area contributed by atoms with Gasteiger partial charge in [0.25, 0.3) is 0 Å². The first-order chi connectivity index (χ1) is 15.1. The lowest BCUT2D eigenvalue weighted by molar-refractivity contribution is -0.121. The Morgan fingerprint density at radius 1 is 1.00 bits per heavy atom. The van der Waals surface area contributed by atoms with Crippen LogP contribution in [0, 0.1) is 12.8 Å². The number of carbonyl (C=O) groups excluding carboxylic acids is 2. The van der Waals surface area contributed by atoms with E-state index in [2.05, 4.69) is 15.8 Å². The number of nitrogens with one attached hydrogen (secondary N) is 2. The maximum absolute atomic E-state index is 13.0. The van der Waals surface area contributed by atoms with E-state index >= 15 is 0 Å². The second-order valence-corrected chi connectivity index (χ2v) is 7.78. The van der Waals surface area contributed by atoms with E-state index in [1.165, 1.54) is 0 Å². The van der Waals surface area contributed by atoms with Crippen molar-refractivity contribution in [2.45, 2.75) is 25.8 Å². The predicted molar refractivity (Wildman–Crippen MR) is 117 cm³/mol. The first-order valence-corrected chi connectivity index (χ1v) is 10.5. The van der Waals surface area contributed by atoms with Gasteiger partial charge in [-0.3, -0.25) is 4.79 Å². The lowest BCUT2D eigenvalue weighted by Crippen LogP contribution is -2.47. The highest BCUT2D eigenvalue weighted by Crippen LogP contribution is 2.24. The lowest BCUT2D eigenvalue weighted by Gasteiger charge is -2.32. The van der Waals surface area contributed by atoms with Crippen LogP contribution in [0.2, 0.25) is 0 Å². The van der Waals surface area contributed by atoms with E-state index in [9.17, 15) is 9.59 Å². The van der Waals surface area contributed by atoms with Crippen LogP contribution in [0.5, 0.6) is 0 Å². The average molecular weight is 418 g/mol. The summed E-state index contributed by atoms with van der Waals surface area (Å²) in [6.07, 6.45) is 1.22. The molecule has 160 valence electrons. The molecule has 0 atom stereocenters. The van der Waals surface area contributed by atoms with Crippen LogP contribution in [0.4, 0.5) is 10.6 Å². The van der Waals surface area contributed by atoms with Gasteiger partial charge in [-0.2, -0.15) is 0 Å². The van der Waals surface area contributed by atoms with E-state index in [0.717, 1.165) is 11.1 Å². The normalized spacial score (nSPS) is 14.5. The maximum Gasteiger partial charge on any atom is 0.318 e. The predicted octanol–water partition coefficient (Wildman–Crippen LogP) is 4.13. The van der Waals surface area contributed by atoms with Gasteiger partial charge in [-0.1, -0.05) is 65.8 Å². The van der Waals surface area contributed by atoms with Crippen LogP contribution in [0.3, 0.4) is 0 Å². The van der Waals surface area contributed by atoms with Crippen LogP contribution in [-0.4, -0.2) is 35.1 Å². The summed E-state index contributed by atoms with van der Waals surface area (Å²) in [6, 6.07) is 21.2. The second-order valence-electron chi connectivity index (χ2n) is 7.78. The highest BCUT2D eigenvalue weighted by atomic mass is 16.5. The number of aryl methyl sites for hydroxylation is 1. The Balaban J connectivity index is 1.36. The first kappa shape index (κ1) is 20.7. The van der Waals surface area contributed by atoms with Gasteiger partial charge in [0.2, 0.25) is 5.91 Å². The van der Waals surface area contributed by atoms with Crippen molar-refractivity contribution in [2.24, 2.45) is 5.92 Å². The number of carbonyl (C=O) groups is 2. The molecule has 4 rings (SSSR count). The molecule has 3 amide bonds. The summed E-state index contributed by atoms with van der Waals surface area (Å²) in [7, 11) is 0. The number of likely N-dealkylation sites (tertiary alicyclic amines) is 1. The van der Waals surface area contributed by atoms with Crippen LogP contribution >= 0.6 is 0 Å². The average Bonchev–Trinajstić information content (AvgIpc) is 3.23. The van der Waals surface area contributed by atoms with Gasteiger partial charge in [0.15, 0.2) is 5.82 Å². The van der Waals surface area contributed by atoms with Crippen molar-refractivity contribution in [2.75, 3.05) is 18.4 Å². The molecule has 1 fully saturated rings. The zero-order chi connectivity index (χ0) is 21.6. The number of hydrogen-bond donors (Lipinski definition) is 2. The fourth-order valence-electron chi connectivity index (χ4n) is 3.86. The molecule has 1 aliphatic rings. The third-order valence-electron chi connectivity index (χ3n) is 5.57. The Morgan fingerprint density at radius 2 is 1.58 bits per heavy atom. The van der Waals surface area contributed by atoms with Crippen molar-refractivity contribution >= 4 is 17.8 Å². The summed E-state index contributed by atoms with van der Waals surface area (Å²) in [4.78, 5) is 27.3. The van der Waals surface area contributed by atoms with Crippen molar-refractivity contribution in [3.8, 4) is 0 Å². The molecule has 1 aromatic heterocycles. The third kappa shape index (κ3) is 5.12. The molecule has 0 spiro atoms. The summed E-state index contributed by atoms with van der Waals surface area (Å²) >= 11 is 0. The smallest absolute Gasteiger partial charge is 0.318 e. The van der Waals surface area contributed by atoms with Gasteiger partial charge in [-0.05, 0) is 30.9 Å². The number of amides is 3. The van der Waals surface area contributed by atoms with E-state index < -0.39 is 0 Å². The minimum absolute atomic E-state index is 0.0835. The number of nitrogens with zero attached hydrogens (tertiary/aromatic N) is 2. The molecule has 0 unspecified atom stereocenters. The Kier molecular flexibility index (Phi) is 6.31. The summed E-state index contributed by atoms with van der Waals surface area (Å²) in [5.41, 5.74) is 2.05. The molecule has 1 aliphatic heterocycles. The Morgan fingerprint density at radius 3 is 2.10 bits per heavy atom. The summed E-state index contributed by atoms with van der Waals surface area (Å²) < 4.78 is 4.99. The molecule has 31 heavy (non-hydrogen) atoms. The van der Waals surface area contributed by atoms with Crippen LogP contribution in [0.1, 0.15) is 35.8 Å². The zero-order valence-corrected chi connectivity index (χ0v) is 17.5. The molecule has 7 heteroatoms. The quantitative estimate of drug-likeness (QED) is 0.652.